The average Bonchev–Trinajstić information content (AvgIpc) is 3.00. The van der Waals surface area contributed by atoms with Crippen molar-refractivity contribution in [2.24, 2.45) is 5.92 Å². The van der Waals surface area contributed by atoms with Gasteiger partial charge < -0.3 is 20.1 Å². The highest BCUT2D eigenvalue weighted by Crippen LogP contribution is 2.31. The van der Waals surface area contributed by atoms with E-state index in [1.54, 1.807) is 19.2 Å². The van der Waals surface area contributed by atoms with Crippen molar-refractivity contribution in [3.63, 3.8) is 0 Å². The highest BCUT2D eigenvalue weighted by atomic mass is 19.4. The van der Waals surface area contributed by atoms with E-state index in [0.29, 0.717) is 5.75 Å². The molecule has 2 N–H and O–H groups in total. The van der Waals surface area contributed by atoms with Gasteiger partial charge in [-0.2, -0.15) is 0 Å². The molecule has 2 atom stereocenters. The Labute approximate surface area is 200 Å². The second-order valence-electron chi connectivity index (χ2n) is 8.58. The first-order valence-corrected chi connectivity index (χ1v) is 10.8. The summed E-state index contributed by atoms with van der Waals surface area (Å²) in [5.74, 6) is -1.03. The maximum Gasteiger partial charge on any atom is 0.573 e. The molecule has 0 radical (unpaired) electrons. The molecule has 2 aromatic carbocycles. The van der Waals surface area contributed by atoms with Crippen LogP contribution >= 0.6 is 0 Å². The standard InChI is InChI=1S/C24H26F3N3O5/c1-14(2)20(15-5-9-17(34-4)10-6-15)28-19(31)13-30-21(32)23(3,29-22(30)33)16-7-11-18(12-8-16)35-24(25,26)27/h5-12,14,20H,13H2,1-4H3,(H,28,31)(H,29,33). The van der Waals surface area contributed by atoms with E-state index in [2.05, 4.69) is 15.4 Å². The number of benzene rings is 2. The molecule has 8 nitrogen and oxygen atoms in total. The van der Waals surface area contributed by atoms with Gasteiger partial charge in [0.25, 0.3) is 5.91 Å². The summed E-state index contributed by atoms with van der Waals surface area (Å²) in [5.41, 5.74) is -0.481. The molecule has 3 rings (SSSR count). The van der Waals surface area contributed by atoms with Gasteiger partial charge in [0.1, 0.15) is 23.6 Å². The topological polar surface area (TPSA) is 97.0 Å². The normalized spacial score (nSPS) is 18.9. The fourth-order valence-electron chi connectivity index (χ4n) is 3.83. The molecule has 0 bridgehead atoms. The third-order valence-corrected chi connectivity index (χ3v) is 5.70. The first kappa shape index (κ1) is 25.9. The Morgan fingerprint density at radius 3 is 2.14 bits per heavy atom. The van der Waals surface area contributed by atoms with Crippen molar-refractivity contribution in [3.8, 4) is 11.5 Å². The van der Waals surface area contributed by atoms with Crippen molar-refractivity contribution in [3.05, 3.63) is 59.7 Å². The fraction of sp³-hybridized carbons (Fsp3) is 0.375. The Balaban J connectivity index is 1.71. The molecule has 11 heteroatoms. The SMILES string of the molecule is COc1ccc(C(NC(=O)CN2C(=O)NC(C)(c3ccc(OC(F)(F)F)cc3)C2=O)C(C)C)cc1. The van der Waals surface area contributed by atoms with Gasteiger partial charge in [0.05, 0.1) is 13.2 Å². The maximum atomic E-state index is 13.1. The lowest BCUT2D eigenvalue weighted by Gasteiger charge is -2.25. The molecule has 1 saturated heterocycles. The van der Waals surface area contributed by atoms with Crippen molar-refractivity contribution < 1.29 is 37.0 Å². The van der Waals surface area contributed by atoms with Crippen molar-refractivity contribution >= 4 is 17.8 Å². The second-order valence-corrected chi connectivity index (χ2v) is 8.58. The molecule has 1 aliphatic heterocycles. The molecule has 0 aliphatic carbocycles. The third kappa shape index (κ3) is 5.84. The van der Waals surface area contributed by atoms with E-state index in [1.165, 1.54) is 19.1 Å². The molecule has 188 valence electrons. The smallest absolute Gasteiger partial charge is 0.497 e. The predicted molar refractivity (Wildman–Crippen MR) is 119 cm³/mol. The Morgan fingerprint density at radius 2 is 1.63 bits per heavy atom. The number of hydrogen-bond acceptors (Lipinski definition) is 5. The van der Waals surface area contributed by atoms with Crippen LogP contribution in [0.2, 0.25) is 0 Å². The van der Waals surface area contributed by atoms with Gasteiger partial charge in [-0.3, -0.25) is 14.5 Å². The lowest BCUT2D eigenvalue weighted by molar-refractivity contribution is -0.274. The first-order chi connectivity index (χ1) is 16.3. The minimum absolute atomic E-state index is 0.0122. The minimum atomic E-state index is -4.85. The molecule has 1 fully saturated rings. The summed E-state index contributed by atoms with van der Waals surface area (Å²) in [6.45, 7) is 4.74. The van der Waals surface area contributed by atoms with Crippen LogP contribution in [-0.4, -0.2) is 42.8 Å². The van der Waals surface area contributed by atoms with E-state index in [-0.39, 0.29) is 17.5 Å². The lowest BCUT2D eigenvalue weighted by Crippen LogP contribution is -2.44. The van der Waals surface area contributed by atoms with E-state index in [1.807, 2.05) is 26.0 Å². The number of amides is 4. The summed E-state index contributed by atoms with van der Waals surface area (Å²) in [4.78, 5) is 39.2. The van der Waals surface area contributed by atoms with E-state index in [9.17, 15) is 27.6 Å². The largest absolute Gasteiger partial charge is 0.573 e. The minimum Gasteiger partial charge on any atom is -0.497 e. The zero-order chi connectivity index (χ0) is 26.0. The zero-order valence-corrected chi connectivity index (χ0v) is 19.6. The molecular formula is C24H26F3N3O5. The number of rotatable bonds is 8. The van der Waals surface area contributed by atoms with Gasteiger partial charge in [-0.1, -0.05) is 38.1 Å². The van der Waals surface area contributed by atoms with Gasteiger partial charge in [-0.15, -0.1) is 13.2 Å². The third-order valence-electron chi connectivity index (χ3n) is 5.70. The van der Waals surface area contributed by atoms with E-state index in [0.717, 1.165) is 22.6 Å². The van der Waals surface area contributed by atoms with Crippen LogP contribution in [0.15, 0.2) is 48.5 Å². The van der Waals surface area contributed by atoms with Crippen LogP contribution in [0.3, 0.4) is 0 Å². The summed E-state index contributed by atoms with van der Waals surface area (Å²) >= 11 is 0. The van der Waals surface area contributed by atoms with Crippen LogP contribution in [0.4, 0.5) is 18.0 Å². The van der Waals surface area contributed by atoms with Gasteiger partial charge >= 0.3 is 12.4 Å². The van der Waals surface area contributed by atoms with Gasteiger partial charge in [0.15, 0.2) is 0 Å². The Morgan fingerprint density at radius 1 is 1.06 bits per heavy atom. The van der Waals surface area contributed by atoms with Crippen molar-refractivity contribution in [2.75, 3.05) is 13.7 Å². The molecule has 35 heavy (non-hydrogen) atoms. The molecule has 1 aliphatic rings. The van der Waals surface area contributed by atoms with Crippen LogP contribution < -0.4 is 20.1 Å². The Bertz CT molecular complexity index is 1090. The van der Waals surface area contributed by atoms with Gasteiger partial charge in [-0.25, -0.2) is 4.79 Å². The molecule has 0 spiro atoms. The van der Waals surface area contributed by atoms with Crippen LogP contribution in [0.5, 0.6) is 11.5 Å². The van der Waals surface area contributed by atoms with Gasteiger partial charge in [0.2, 0.25) is 5.91 Å². The summed E-state index contributed by atoms with van der Waals surface area (Å²) in [6.07, 6.45) is -4.85. The van der Waals surface area contributed by atoms with E-state index >= 15 is 0 Å². The predicted octanol–water partition coefficient (Wildman–Crippen LogP) is 3.87. The number of nitrogens with zero attached hydrogens (tertiary/aromatic N) is 1. The zero-order valence-electron chi connectivity index (χ0n) is 19.6. The van der Waals surface area contributed by atoms with E-state index < -0.39 is 42.0 Å². The molecule has 4 amide bonds. The fourth-order valence-corrected chi connectivity index (χ4v) is 3.83. The van der Waals surface area contributed by atoms with Crippen LogP contribution in [-0.2, 0) is 15.1 Å². The summed E-state index contributed by atoms with van der Waals surface area (Å²) in [6, 6.07) is 10.6. The first-order valence-electron chi connectivity index (χ1n) is 10.8. The lowest BCUT2D eigenvalue weighted by atomic mass is 9.92. The number of hydrogen-bond donors (Lipinski definition) is 2. The molecule has 2 unspecified atom stereocenters. The number of alkyl halides is 3. The highest BCUT2D eigenvalue weighted by Gasteiger charge is 2.49. The van der Waals surface area contributed by atoms with E-state index in [4.69, 9.17) is 4.74 Å². The second kappa shape index (κ2) is 9.85. The number of carbonyl (C=O) groups is 3. The monoisotopic (exact) mass is 493 g/mol. The summed E-state index contributed by atoms with van der Waals surface area (Å²) in [5, 5.41) is 5.38. The van der Waals surface area contributed by atoms with Crippen LogP contribution in [0.25, 0.3) is 0 Å². The van der Waals surface area contributed by atoms with Crippen LogP contribution in [0, 0.1) is 5.92 Å². The quantitative estimate of drug-likeness (QED) is 0.545. The Hall–Kier alpha value is -3.76. The maximum absolute atomic E-state index is 13.1. The van der Waals surface area contributed by atoms with Crippen LogP contribution in [0.1, 0.15) is 37.9 Å². The number of methoxy groups -OCH3 is 1. The molecule has 0 aromatic heterocycles. The highest BCUT2D eigenvalue weighted by molar-refractivity contribution is 6.09. The summed E-state index contributed by atoms with van der Waals surface area (Å²) < 4.78 is 46.2. The summed E-state index contributed by atoms with van der Waals surface area (Å²) in [7, 11) is 1.55. The Kier molecular flexibility index (Phi) is 7.27. The van der Waals surface area contributed by atoms with Gasteiger partial charge in [-0.05, 0) is 48.2 Å². The number of nitrogens with one attached hydrogen (secondary N) is 2. The van der Waals surface area contributed by atoms with Crippen molar-refractivity contribution in [1.29, 1.82) is 0 Å². The molecular weight excluding hydrogens is 467 g/mol. The number of halogens is 3. The number of imide groups is 1. The van der Waals surface area contributed by atoms with Gasteiger partial charge in [0, 0.05) is 0 Å². The van der Waals surface area contributed by atoms with Crippen molar-refractivity contribution in [1.82, 2.24) is 15.5 Å². The number of urea groups is 1. The number of carbonyl (C=O) groups excluding carboxylic acids is 3. The molecule has 0 saturated carbocycles. The molecule has 2 aromatic rings. The number of ether oxygens (including phenoxy) is 2. The van der Waals surface area contributed by atoms with Crippen molar-refractivity contribution in [2.45, 2.75) is 38.7 Å². The average molecular weight is 493 g/mol. The molecule has 1 heterocycles.